The van der Waals surface area contributed by atoms with Crippen molar-refractivity contribution in [3.63, 3.8) is 0 Å². The molecule has 0 unspecified atom stereocenters. The number of carbonyl (C=O) groups excluding carboxylic acids is 1. The summed E-state index contributed by atoms with van der Waals surface area (Å²) in [7, 11) is 0. The van der Waals surface area contributed by atoms with E-state index in [0.717, 1.165) is 0 Å². The first-order valence-corrected chi connectivity index (χ1v) is 7.16. The van der Waals surface area contributed by atoms with E-state index >= 15 is 0 Å². The van der Waals surface area contributed by atoms with Crippen LogP contribution in [0.25, 0.3) is 0 Å². The third-order valence-electron chi connectivity index (χ3n) is 2.93. The highest BCUT2D eigenvalue weighted by molar-refractivity contribution is 6.05. The van der Waals surface area contributed by atoms with Crippen molar-refractivity contribution in [1.29, 1.82) is 0 Å². The molecule has 6 heteroatoms. The van der Waals surface area contributed by atoms with Crippen molar-refractivity contribution < 1.29 is 18.7 Å². The van der Waals surface area contributed by atoms with Gasteiger partial charge in [-0.05, 0) is 32.0 Å². The van der Waals surface area contributed by atoms with Gasteiger partial charge in [-0.25, -0.2) is 0 Å². The lowest BCUT2D eigenvalue weighted by Gasteiger charge is -2.13. The first kappa shape index (κ1) is 15.9. The van der Waals surface area contributed by atoms with Crippen LogP contribution in [0.15, 0.2) is 34.9 Å². The minimum atomic E-state index is -0.293. The molecule has 0 atom stereocenters. The molecule has 1 aromatic carbocycles. The van der Waals surface area contributed by atoms with Gasteiger partial charge in [0.05, 0.1) is 31.0 Å². The number of amides is 1. The average molecular weight is 304 g/mol. The molecule has 6 nitrogen and oxygen atoms in total. The minimum absolute atomic E-state index is 0.247. The Morgan fingerprint density at radius 1 is 1.23 bits per heavy atom. The minimum Gasteiger partial charge on any atom is -0.494 e. The van der Waals surface area contributed by atoms with Gasteiger partial charge < -0.3 is 24.9 Å². The Kier molecular flexibility index (Phi) is 5.43. The number of anilines is 1. The summed E-state index contributed by atoms with van der Waals surface area (Å²) in [4.78, 5) is 12.3. The highest BCUT2D eigenvalue weighted by atomic mass is 16.5. The van der Waals surface area contributed by atoms with Gasteiger partial charge in [-0.2, -0.15) is 0 Å². The number of nitrogens with one attached hydrogen (secondary N) is 1. The zero-order valence-corrected chi connectivity index (χ0v) is 12.7. The molecule has 2 rings (SSSR count). The predicted octanol–water partition coefficient (Wildman–Crippen LogP) is 2.79. The molecule has 2 aromatic rings. The summed E-state index contributed by atoms with van der Waals surface area (Å²) in [5.74, 6) is 1.51. The third kappa shape index (κ3) is 3.79. The number of rotatable bonds is 7. The van der Waals surface area contributed by atoms with E-state index < -0.39 is 0 Å². The summed E-state index contributed by atoms with van der Waals surface area (Å²) in [5, 5.41) is 2.80. The van der Waals surface area contributed by atoms with E-state index in [-0.39, 0.29) is 12.5 Å². The summed E-state index contributed by atoms with van der Waals surface area (Å²) in [5.41, 5.74) is 6.43. The van der Waals surface area contributed by atoms with Gasteiger partial charge in [0.1, 0.15) is 23.5 Å². The fourth-order valence-electron chi connectivity index (χ4n) is 1.95. The maximum Gasteiger partial charge on any atom is 0.259 e. The van der Waals surface area contributed by atoms with Gasteiger partial charge in [0.15, 0.2) is 0 Å². The van der Waals surface area contributed by atoms with Crippen molar-refractivity contribution in [2.45, 2.75) is 20.4 Å². The Morgan fingerprint density at radius 2 is 2.00 bits per heavy atom. The largest absolute Gasteiger partial charge is 0.494 e. The van der Waals surface area contributed by atoms with Crippen LogP contribution in [0, 0.1) is 0 Å². The molecule has 1 aromatic heterocycles. The second kappa shape index (κ2) is 7.51. The molecular weight excluding hydrogens is 284 g/mol. The number of hydrogen-bond acceptors (Lipinski definition) is 5. The van der Waals surface area contributed by atoms with Crippen LogP contribution in [0.5, 0.6) is 11.5 Å². The van der Waals surface area contributed by atoms with E-state index in [2.05, 4.69) is 5.32 Å². The molecule has 0 aliphatic heterocycles. The van der Waals surface area contributed by atoms with Crippen molar-refractivity contribution >= 4 is 11.6 Å². The smallest absolute Gasteiger partial charge is 0.259 e. The number of carbonyl (C=O) groups is 1. The fourth-order valence-corrected chi connectivity index (χ4v) is 1.95. The number of nitrogens with two attached hydrogens (primary N) is 1. The van der Waals surface area contributed by atoms with Gasteiger partial charge in [-0.3, -0.25) is 4.79 Å². The van der Waals surface area contributed by atoms with Gasteiger partial charge >= 0.3 is 0 Å². The number of hydrogen-bond donors (Lipinski definition) is 2. The molecule has 1 amide bonds. The van der Waals surface area contributed by atoms with Crippen molar-refractivity contribution in [3.8, 4) is 11.5 Å². The monoisotopic (exact) mass is 304 g/mol. The number of furan rings is 1. The maximum absolute atomic E-state index is 12.3. The lowest BCUT2D eigenvalue weighted by molar-refractivity contribution is 0.102. The first-order chi connectivity index (χ1) is 10.7. The normalized spacial score (nSPS) is 10.3. The Bertz CT molecular complexity index is 637. The molecule has 22 heavy (non-hydrogen) atoms. The lowest BCUT2D eigenvalue weighted by atomic mass is 10.2. The highest BCUT2D eigenvalue weighted by Crippen LogP contribution is 2.30. The predicted molar refractivity (Wildman–Crippen MR) is 83.3 cm³/mol. The molecule has 0 bridgehead atoms. The van der Waals surface area contributed by atoms with Crippen LogP contribution in [-0.4, -0.2) is 19.1 Å². The average Bonchev–Trinajstić information content (AvgIpc) is 2.99. The molecule has 0 saturated carbocycles. The van der Waals surface area contributed by atoms with Crippen molar-refractivity contribution in [1.82, 2.24) is 0 Å². The molecule has 118 valence electrons. The standard InChI is InChI=1S/C16H20N2O4/c1-3-20-12-5-6-15(21-4-2)14(8-12)18-16(19)11-7-13(9-17)22-10-11/h5-8,10H,3-4,9,17H2,1-2H3,(H,18,19). The Hall–Kier alpha value is -2.47. The van der Waals surface area contributed by atoms with E-state index in [0.29, 0.717) is 41.7 Å². The molecule has 3 N–H and O–H groups in total. The second-order valence-corrected chi connectivity index (χ2v) is 4.48. The number of benzene rings is 1. The highest BCUT2D eigenvalue weighted by Gasteiger charge is 2.13. The summed E-state index contributed by atoms with van der Waals surface area (Å²) in [6.45, 7) is 5.07. The van der Waals surface area contributed by atoms with Gasteiger partial charge in [0.2, 0.25) is 0 Å². The Morgan fingerprint density at radius 3 is 2.64 bits per heavy atom. The van der Waals surface area contributed by atoms with Crippen molar-refractivity contribution in [2.24, 2.45) is 5.73 Å². The lowest BCUT2D eigenvalue weighted by Crippen LogP contribution is -2.12. The van der Waals surface area contributed by atoms with E-state index in [1.165, 1.54) is 6.26 Å². The molecule has 0 fully saturated rings. The summed E-state index contributed by atoms with van der Waals surface area (Å²) >= 11 is 0. The van der Waals surface area contributed by atoms with E-state index in [9.17, 15) is 4.79 Å². The summed E-state index contributed by atoms with van der Waals surface area (Å²) in [6, 6.07) is 6.91. The van der Waals surface area contributed by atoms with Crippen LogP contribution >= 0.6 is 0 Å². The van der Waals surface area contributed by atoms with Crippen LogP contribution in [-0.2, 0) is 6.54 Å². The number of ether oxygens (including phenoxy) is 2. The van der Waals surface area contributed by atoms with Gasteiger partial charge in [0, 0.05) is 6.07 Å². The molecule has 0 aliphatic carbocycles. The zero-order chi connectivity index (χ0) is 15.9. The van der Waals surface area contributed by atoms with Crippen molar-refractivity contribution in [3.05, 3.63) is 41.9 Å². The zero-order valence-electron chi connectivity index (χ0n) is 12.7. The SMILES string of the molecule is CCOc1ccc(OCC)c(NC(=O)c2coc(CN)c2)c1. The van der Waals surface area contributed by atoms with E-state index in [1.54, 1.807) is 24.3 Å². The van der Waals surface area contributed by atoms with Gasteiger partial charge in [0.25, 0.3) is 5.91 Å². The summed E-state index contributed by atoms with van der Waals surface area (Å²) < 4.78 is 16.1. The van der Waals surface area contributed by atoms with Crippen LogP contribution < -0.4 is 20.5 Å². The second-order valence-electron chi connectivity index (χ2n) is 4.48. The quantitative estimate of drug-likeness (QED) is 0.821. The topological polar surface area (TPSA) is 86.7 Å². The van der Waals surface area contributed by atoms with Gasteiger partial charge in [-0.1, -0.05) is 0 Å². The molecule has 0 radical (unpaired) electrons. The third-order valence-corrected chi connectivity index (χ3v) is 2.93. The van der Waals surface area contributed by atoms with Crippen LogP contribution in [0.3, 0.4) is 0 Å². The van der Waals surface area contributed by atoms with Crippen LogP contribution in [0.1, 0.15) is 30.0 Å². The molecule has 1 heterocycles. The van der Waals surface area contributed by atoms with E-state index in [1.807, 2.05) is 13.8 Å². The molecule has 0 aliphatic rings. The molecular formula is C16H20N2O4. The first-order valence-electron chi connectivity index (χ1n) is 7.16. The maximum atomic E-state index is 12.3. The Labute approximate surface area is 129 Å². The fraction of sp³-hybridized carbons (Fsp3) is 0.312. The molecule has 0 saturated heterocycles. The van der Waals surface area contributed by atoms with E-state index in [4.69, 9.17) is 19.6 Å². The van der Waals surface area contributed by atoms with Crippen LogP contribution in [0.4, 0.5) is 5.69 Å². The van der Waals surface area contributed by atoms with Crippen LogP contribution in [0.2, 0.25) is 0 Å². The van der Waals surface area contributed by atoms with Gasteiger partial charge in [-0.15, -0.1) is 0 Å². The summed E-state index contributed by atoms with van der Waals surface area (Å²) in [6.07, 6.45) is 1.38. The molecule has 0 spiro atoms. The Balaban J connectivity index is 2.21. The van der Waals surface area contributed by atoms with Crippen molar-refractivity contribution in [2.75, 3.05) is 18.5 Å².